The lowest BCUT2D eigenvalue weighted by molar-refractivity contribution is 0.112. The van der Waals surface area contributed by atoms with Crippen LogP contribution in [0.1, 0.15) is 32.3 Å². The van der Waals surface area contributed by atoms with E-state index in [1.54, 1.807) is 0 Å². The molecule has 0 saturated carbocycles. The molecule has 0 aromatic heterocycles. The Bertz CT molecular complexity index is 394. The van der Waals surface area contributed by atoms with Gasteiger partial charge in [-0.05, 0) is 45.2 Å². The zero-order chi connectivity index (χ0) is 13.7. The second-order valence-corrected chi connectivity index (χ2v) is 5.50. The molecule has 0 spiro atoms. The van der Waals surface area contributed by atoms with Crippen LogP contribution >= 0.6 is 0 Å². The monoisotopic (exact) mass is 262 g/mol. The average Bonchev–Trinajstić information content (AvgIpc) is 2.43. The fraction of sp³-hybridized carbons (Fsp3) is 0.625. The highest BCUT2D eigenvalue weighted by molar-refractivity contribution is 5.33. The van der Waals surface area contributed by atoms with Crippen LogP contribution in [0.5, 0.6) is 5.75 Å². The van der Waals surface area contributed by atoms with Gasteiger partial charge in [0.1, 0.15) is 5.75 Å². The van der Waals surface area contributed by atoms with Crippen LogP contribution in [0, 0.1) is 5.92 Å². The first-order valence-corrected chi connectivity index (χ1v) is 7.39. The molecule has 1 aromatic rings. The number of hydrogen-bond donors (Lipinski definition) is 1. The first-order chi connectivity index (χ1) is 9.24. The standard InChI is InChI=1S/C16H26N2O/c1-3-19-16-7-5-4-6-15(16)12-18-11-14(10-17)9-8-13(18)2/h4-7,13-14H,3,8-12,17H2,1-2H3. The molecule has 2 N–H and O–H groups in total. The first-order valence-electron chi connectivity index (χ1n) is 7.39. The summed E-state index contributed by atoms with van der Waals surface area (Å²) in [4.78, 5) is 2.54. The molecule has 3 heteroatoms. The Morgan fingerprint density at radius 3 is 2.84 bits per heavy atom. The van der Waals surface area contributed by atoms with E-state index in [4.69, 9.17) is 10.5 Å². The maximum absolute atomic E-state index is 5.83. The summed E-state index contributed by atoms with van der Waals surface area (Å²) in [7, 11) is 0. The lowest BCUT2D eigenvalue weighted by Gasteiger charge is -2.37. The van der Waals surface area contributed by atoms with E-state index in [0.29, 0.717) is 12.0 Å². The molecule has 0 aliphatic carbocycles. The smallest absolute Gasteiger partial charge is 0.123 e. The number of piperidine rings is 1. The number of likely N-dealkylation sites (tertiary alicyclic amines) is 1. The fourth-order valence-corrected chi connectivity index (χ4v) is 2.82. The second-order valence-electron chi connectivity index (χ2n) is 5.50. The minimum absolute atomic E-state index is 0.637. The quantitative estimate of drug-likeness (QED) is 0.886. The van der Waals surface area contributed by atoms with Crippen LogP contribution in [-0.2, 0) is 6.54 Å². The maximum Gasteiger partial charge on any atom is 0.123 e. The SMILES string of the molecule is CCOc1ccccc1CN1CC(CN)CCC1C. The molecule has 2 atom stereocenters. The normalized spacial score (nSPS) is 24.4. The zero-order valence-corrected chi connectivity index (χ0v) is 12.1. The van der Waals surface area contributed by atoms with Crippen LogP contribution in [0.2, 0.25) is 0 Å². The van der Waals surface area contributed by atoms with Gasteiger partial charge in [0.15, 0.2) is 0 Å². The third-order valence-corrected chi connectivity index (χ3v) is 4.09. The third kappa shape index (κ3) is 3.71. The molecule has 0 bridgehead atoms. The van der Waals surface area contributed by atoms with E-state index in [1.807, 2.05) is 13.0 Å². The lowest BCUT2D eigenvalue weighted by atomic mass is 9.93. The van der Waals surface area contributed by atoms with Gasteiger partial charge in [-0.2, -0.15) is 0 Å². The summed E-state index contributed by atoms with van der Waals surface area (Å²) < 4.78 is 5.72. The molecule has 1 heterocycles. The van der Waals surface area contributed by atoms with Crippen molar-refractivity contribution in [2.24, 2.45) is 11.7 Å². The molecule has 19 heavy (non-hydrogen) atoms. The van der Waals surface area contributed by atoms with Gasteiger partial charge in [0, 0.05) is 24.7 Å². The summed E-state index contributed by atoms with van der Waals surface area (Å²) in [6, 6.07) is 9.00. The number of para-hydroxylation sites is 1. The van der Waals surface area contributed by atoms with Crippen molar-refractivity contribution in [1.29, 1.82) is 0 Å². The van der Waals surface area contributed by atoms with Crippen LogP contribution in [-0.4, -0.2) is 30.6 Å². The van der Waals surface area contributed by atoms with Crippen LogP contribution in [0.25, 0.3) is 0 Å². The Hall–Kier alpha value is -1.06. The molecule has 106 valence electrons. The molecule has 2 unspecified atom stereocenters. The predicted molar refractivity (Wildman–Crippen MR) is 79.3 cm³/mol. The molecule has 1 aliphatic rings. The number of nitrogens with two attached hydrogens (primary N) is 1. The van der Waals surface area contributed by atoms with Gasteiger partial charge >= 0.3 is 0 Å². The van der Waals surface area contributed by atoms with Crippen LogP contribution in [0.3, 0.4) is 0 Å². The van der Waals surface area contributed by atoms with Gasteiger partial charge in [-0.15, -0.1) is 0 Å². The number of ether oxygens (including phenoxy) is 1. The largest absolute Gasteiger partial charge is 0.494 e. The van der Waals surface area contributed by atoms with Crippen molar-refractivity contribution in [2.45, 2.75) is 39.3 Å². The molecule has 0 amide bonds. The van der Waals surface area contributed by atoms with Crippen molar-refractivity contribution in [3.63, 3.8) is 0 Å². The Balaban J connectivity index is 2.06. The maximum atomic E-state index is 5.83. The Kier molecular flexibility index (Phi) is 5.23. The molecule has 2 rings (SSSR count). The number of benzene rings is 1. The van der Waals surface area contributed by atoms with E-state index in [-0.39, 0.29) is 0 Å². The summed E-state index contributed by atoms with van der Waals surface area (Å²) >= 11 is 0. The van der Waals surface area contributed by atoms with Gasteiger partial charge in [-0.1, -0.05) is 18.2 Å². The Morgan fingerprint density at radius 2 is 2.11 bits per heavy atom. The fourth-order valence-electron chi connectivity index (χ4n) is 2.82. The summed E-state index contributed by atoms with van der Waals surface area (Å²) in [5.41, 5.74) is 7.12. The van der Waals surface area contributed by atoms with E-state index in [9.17, 15) is 0 Å². The van der Waals surface area contributed by atoms with Gasteiger partial charge in [-0.25, -0.2) is 0 Å². The minimum atomic E-state index is 0.637. The zero-order valence-electron chi connectivity index (χ0n) is 12.1. The van der Waals surface area contributed by atoms with Gasteiger partial charge in [-0.3, -0.25) is 4.90 Å². The summed E-state index contributed by atoms with van der Waals surface area (Å²) in [5.74, 6) is 1.67. The second kappa shape index (κ2) is 6.92. The van der Waals surface area contributed by atoms with Crippen LogP contribution in [0.15, 0.2) is 24.3 Å². The van der Waals surface area contributed by atoms with Crippen molar-refractivity contribution in [3.8, 4) is 5.75 Å². The lowest BCUT2D eigenvalue weighted by Crippen LogP contribution is -2.43. The van der Waals surface area contributed by atoms with E-state index in [2.05, 4.69) is 30.0 Å². The molecule has 1 fully saturated rings. The summed E-state index contributed by atoms with van der Waals surface area (Å²) in [6.07, 6.45) is 2.51. The summed E-state index contributed by atoms with van der Waals surface area (Å²) in [5, 5.41) is 0. The van der Waals surface area contributed by atoms with Gasteiger partial charge < -0.3 is 10.5 Å². The average molecular weight is 262 g/mol. The van der Waals surface area contributed by atoms with E-state index >= 15 is 0 Å². The van der Waals surface area contributed by atoms with E-state index in [0.717, 1.165) is 32.0 Å². The number of rotatable bonds is 5. The van der Waals surface area contributed by atoms with Crippen LogP contribution < -0.4 is 10.5 Å². The van der Waals surface area contributed by atoms with E-state index in [1.165, 1.54) is 18.4 Å². The number of nitrogens with zero attached hydrogens (tertiary/aromatic N) is 1. The van der Waals surface area contributed by atoms with Crippen molar-refractivity contribution in [2.75, 3.05) is 19.7 Å². The van der Waals surface area contributed by atoms with Crippen molar-refractivity contribution in [1.82, 2.24) is 4.90 Å². The molecule has 0 radical (unpaired) electrons. The van der Waals surface area contributed by atoms with Gasteiger partial charge in [0.05, 0.1) is 6.61 Å². The van der Waals surface area contributed by atoms with Gasteiger partial charge in [0.25, 0.3) is 0 Å². The molecule has 3 nitrogen and oxygen atoms in total. The first kappa shape index (κ1) is 14.4. The predicted octanol–water partition coefficient (Wildman–Crippen LogP) is 2.64. The van der Waals surface area contributed by atoms with Crippen molar-refractivity contribution >= 4 is 0 Å². The van der Waals surface area contributed by atoms with Crippen molar-refractivity contribution < 1.29 is 4.74 Å². The highest BCUT2D eigenvalue weighted by Crippen LogP contribution is 2.26. The number of hydrogen-bond acceptors (Lipinski definition) is 3. The molecular formula is C16H26N2O. The van der Waals surface area contributed by atoms with Crippen LogP contribution in [0.4, 0.5) is 0 Å². The van der Waals surface area contributed by atoms with E-state index < -0.39 is 0 Å². The molecule has 1 aliphatic heterocycles. The Morgan fingerprint density at radius 1 is 1.32 bits per heavy atom. The highest BCUT2D eigenvalue weighted by Gasteiger charge is 2.25. The minimum Gasteiger partial charge on any atom is -0.494 e. The third-order valence-electron chi connectivity index (χ3n) is 4.09. The molecule has 1 aromatic carbocycles. The van der Waals surface area contributed by atoms with Crippen molar-refractivity contribution in [3.05, 3.63) is 29.8 Å². The summed E-state index contributed by atoms with van der Waals surface area (Å²) in [6.45, 7) is 7.95. The molecular weight excluding hydrogens is 236 g/mol. The van der Waals surface area contributed by atoms with Gasteiger partial charge in [0.2, 0.25) is 0 Å². The Labute approximate surface area is 116 Å². The highest BCUT2D eigenvalue weighted by atomic mass is 16.5. The molecule has 1 saturated heterocycles. The topological polar surface area (TPSA) is 38.5 Å².